The minimum absolute atomic E-state index is 0.374. The first-order valence-corrected chi connectivity index (χ1v) is 22.1. The van der Waals surface area contributed by atoms with Crippen LogP contribution in [0.5, 0.6) is 0 Å². The highest BCUT2D eigenvalue weighted by Crippen LogP contribution is 2.63. The average Bonchev–Trinajstić information content (AvgIpc) is 3.98. The van der Waals surface area contributed by atoms with Crippen molar-refractivity contribution in [1.29, 1.82) is 0 Å². The topological polar surface area (TPSA) is 25.8 Å². The molecule has 0 unspecified atom stereocenters. The first-order chi connectivity index (χ1) is 30.8. The summed E-state index contributed by atoms with van der Waals surface area (Å²) in [5, 5.41) is 7.23. The van der Waals surface area contributed by atoms with Gasteiger partial charge in [0.05, 0.1) is 16.4 Å². The maximum absolute atomic E-state index is 4.78. The Bertz CT molecular complexity index is 3790. The van der Waals surface area contributed by atoms with E-state index in [0.29, 0.717) is 0 Å². The van der Waals surface area contributed by atoms with E-state index in [4.69, 9.17) is 9.97 Å². The van der Waals surface area contributed by atoms with Crippen molar-refractivity contribution >= 4 is 64.1 Å². The molecule has 0 bridgehead atoms. The van der Waals surface area contributed by atoms with Crippen LogP contribution in [-0.2, 0) is 5.41 Å². The number of thiophene rings is 1. The summed E-state index contributed by atoms with van der Waals surface area (Å²) < 4.78 is 2.63. The summed E-state index contributed by atoms with van der Waals surface area (Å²) in [5.41, 5.74) is 19.7. The second-order valence-electron chi connectivity index (χ2n) is 16.8. The first-order valence-electron chi connectivity index (χ1n) is 21.3. The molecule has 0 saturated heterocycles. The Hall–Kier alpha value is -7.72. The zero-order chi connectivity index (χ0) is 40.5. The molecule has 0 aliphatic heterocycles. The summed E-state index contributed by atoms with van der Waals surface area (Å²) in [5.74, 6) is 0. The van der Waals surface area contributed by atoms with Gasteiger partial charge in [0.15, 0.2) is 0 Å². The molecule has 12 aromatic rings. The van der Waals surface area contributed by atoms with Crippen molar-refractivity contribution in [2.75, 3.05) is 0 Å². The number of hydrogen-bond donors (Lipinski definition) is 0. The van der Waals surface area contributed by atoms with Crippen molar-refractivity contribution in [3.63, 3.8) is 0 Å². The lowest BCUT2D eigenvalue weighted by molar-refractivity contribution is 0.794. The van der Waals surface area contributed by atoms with Crippen molar-refractivity contribution in [2.45, 2.75) is 5.41 Å². The summed E-state index contributed by atoms with van der Waals surface area (Å²) in [7, 11) is 0. The predicted octanol–water partition coefficient (Wildman–Crippen LogP) is 15.6. The van der Waals surface area contributed by atoms with Gasteiger partial charge >= 0.3 is 0 Å². The molecule has 2 aliphatic carbocycles. The molecule has 3 heteroatoms. The molecular formula is C59H34N2S. The summed E-state index contributed by atoms with van der Waals surface area (Å²) in [6.07, 6.45) is 3.58. The Morgan fingerprint density at radius 3 is 1.39 bits per heavy atom. The van der Waals surface area contributed by atoms with Gasteiger partial charge in [-0.2, -0.15) is 0 Å². The number of benzene rings is 10. The van der Waals surface area contributed by atoms with E-state index in [0.717, 1.165) is 21.8 Å². The minimum Gasteiger partial charge on any atom is -0.252 e. The average molecular weight is 803 g/mol. The normalized spacial score (nSPS) is 13.3. The monoisotopic (exact) mass is 802 g/mol. The van der Waals surface area contributed by atoms with E-state index in [1.807, 2.05) is 11.3 Å². The zero-order valence-electron chi connectivity index (χ0n) is 33.4. The summed E-state index contributed by atoms with van der Waals surface area (Å²) in [6, 6.07) is 72.5. The SMILES string of the molecule is c1cc(-c2ccc3c(c2)c2ccccc2c2nccnc32)cc(-c2cccc3c2sc2c(-c4ccc5c(c4)C4(c6ccccc6-c6ccccc64)c4ccccc4-5)cccc23)c1. The number of aromatic nitrogens is 2. The van der Waals surface area contributed by atoms with Gasteiger partial charge in [-0.05, 0) is 107 Å². The lowest BCUT2D eigenvalue weighted by Gasteiger charge is -2.30. The fourth-order valence-corrected chi connectivity index (χ4v) is 12.6. The van der Waals surface area contributed by atoms with Crippen LogP contribution >= 0.6 is 11.3 Å². The van der Waals surface area contributed by atoms with E-state index in [9.17, 15) is 0 Å². The van der Waals surface area contributed by atoms with E-state index in [1.165, 1.54) is 109 Å². The molecule has 1 spiro atoms. The van der Waals surface area contributed by atoms with Crippen LogP contribution in [0.2, 0.25) is 0 Å². The molecule has 2 aliphatic rings. The summed E-state index contributed by atoms with van der Waals surface area (Å²) in [6.45, 7) is 0. The van der Waals surface area contributed by atoms with Crippen LogP contribution < -0.4 is 0 Å². The van der Waals surface area contributed by atoms with Crippen LogP contribution in [0.25, 0.3) is 108 Å². The minimum atomic E-state index is -0.374. The molecule has 2 aromatic heterocycles. The number of fused-ring (bicyclic) bond motifs is 19. The van der Waals surface area contributed by atoms with Crippen LogP contribution in [0.3, 0.4) is 0 Å². The Kier molecular flexibility index (Phi) is 6.95. The molecule has 10 aromatic carbocycles. The lowest BCUT2D eigenvalue weighted by atomic mass is 9.70. The van der Waals surface area contributed by atoms with Gasteiger partial charge in [-0.15, -0.1) is 11.3 Å². The second-order valence-corrected chi connectivity index (χ2v) is 17.8. The molecule has 0 saturated carbocycles. The Morgan fingerprint density at radius 2 is 0.742 bits per heavy atom. The summed E-state index contributed by atoms with van der Waals surface area (Å²) in [4.78, 5) is 9.52. The van der Waals surface area contributed by atoms with E-state index < -0.39 is 0 Å². The lowest BCUT2D eigenvalue weighted by Crippen LogP contribution is -2.25. The largest absolute Gasteiger partial charge is 0.252 e. The first kappa shape index (κ1) is 34.0. The van der Waals surface area contributed by atoms with E-state index in [2.05, 4.69) is 194 Å². The molecular weight excluding hydrogens is 769 g/mol. The van der Waals surface area contributed by atoms with Gasteiger partial charge < -0.3 is 0 Å². The van der Waals surface area contributed by atoms with Crippen LogP contribution in [0.4, 0.5) is 0 Å². The highest BCUT2D eigenvalue weighted by molar-refractivity contribution is 7.26. The predicted molar refractivity (Wildman–Crippen MR) is 260 cm³/mol. The molecule has 0 fully saturated rings. The van der Waals surface area contributed by atoms with Gasteiger partial charge in [-0.3, -0.25) is 9.97 Å². The Balaban J connectivity index is 0.925. The van der Waals surface area contributed by atoms with E-state index in [1.54, 1.807) is 12.4 Å². The number of rotatable bonds is 3. The highest BCUT2D eigenvalue weighted by atomic mass is 32.1. The fraction of sp³-hybridized carbons (Fsp3) is 0.0169. The van der Waals surface area contributed by atoms with Crippen LogP contribution in [0.1, 0.15) is 22.3 Å². The van der Waals surface area contributed by atoms with Gasteiger partial charge in [0, 0.05) is 43.3 Å². The Labute approximate surface area is 362 Å². The molecule has 0 radical (unpaired) electrons. The van der Waals surface area contributed by atoms with Gasteiger partial charge in [0.1, 0.15) is 0 Å². The third-order valence-corrected chi connectivity index (χ3v) is 15.1. The molecule has 0 N–H and O–H groups in total. The van der Waals surface area contributed by atoms with Gasteiger partial charge in [-0.1, -0.05) is 176 Å². The van der Waals surface area contributed by atoms with E-state index >= 15 is 0 Å². The molecule has 286 valence electrons. The quantitative estimate of drug-likeness (QED) is 0.166. The molecule has 0 amide bonds. The second kappa shape index (κ2) is 12.7. The number of hydrogen-bond acceptors (Lipinski definition) is 3. The van der Waals surface area contributed by atoms with Crippen molar-refractivity contribution in [1.82, 2.24) is 9.97 Å². The highest BCUT2D eigenvalue weighted by Gasteiger charge is 2.51. The van der Waals surface area contributed by atoms with Crippen LogP contribution in [0, 0.1) is 0 Å². The maximum Gasteiger partial charge on any atom is 0.0971 e. The molecule has 62 heavy (non-hydrogen) atoms. The third-order valence-electron chi connectivity index (χ3n) is 13.8. The number of nitrogens with zero attached hydrogens (tertiary/aromatic N) is 2. The third kappa shape index (κ3) is 4.47. The zero-order valence-corrected chi connectivity index (χ0v) is 34.2. The van der Waals surface area contributed by atoms with Crippen molar-refractivity contribution < 1.29 is 0 Å². The van der Waals surface area contributed by atoms with Crippen molar-refractivity contribution in [3.05, 3.63) is 229 Å². The van der Waals surface area contributed by atoms with Gasteiger partial charge in [0.2, 0.25) is 0 Å². The van der Waals surface area contributed by atoms with Gasteiger partial charge in [0.25, 0.3) is 0 Å². The fourth-order valence-electron chi connectivity index (χ4n) is 11.2. The Morgan fingerprint density at radius 1 is 0.290 bits per heavy atom. The molecule has 2 heterocycles. The summed E-state index contributed by atoms with van der Waals surface area (Å²) >= 11 is 1.92. The van der Waals surface area contributed by atoms with Crippen molar-refractivity contribution in [2.24, 2.45) is 0 Å². The molecule has 2 nitrogen and oxygen atoms in total. The molecule has 0 atom stereocenters. The van der Waals surface area contributed by atoms with Crippen LogP contribution in [0.15, 0.2) is 207 Å². The standard InChI is InChI=1S/C59H34N2S/c1-2-18-46-41(14-1)50-33-36(26-29-47(50)56-55(46)60-30-31-61-56)35-12-9-13-37(32-35)39-19-10-21-48-49-22-11-20-40(58(49)62-57(39)48)38-27-28-45-44-17-5-8-25-53(44)59(54(45)34-38)51-23-6-3-15-42(51)43-16-4-7-24-52(43)59/h1-34H. The van der Waals surface area contributed by atoms with Crippen molar-refractivity contribution in [3.8, 4) is 55.6 Å². The van der Waals surface area contributed by atoms with E-state index in [-0.39, 0.29) is 5.41 Å². The van der Waals surface area contributed by atoms with Gasteiger partial charge in [-0.25, -0.2) is 0 Å². The maximum atomic E-state index is 4.78. The van der Waals surface area contributed by atoms with Crippen LogP contribution in [-0.4, -0.2) is 9.97 Å². The smallest absolute Gasteiger partial charge is 0.0971 e. The molecule has 14 rings (SSSR count).